The fourth-order valence-electron chi connectivity index (χ4n) is 1.09. The third kappa shape index (κ3) is 3.13. The lowest BCUT2D eigenvalue weighted by atomic mass is 10.1. The van der Waals surface area contributed by atoms with Gasteiger partial charge in [0.1, 0.15) is 5.75 Å². The predicted octanol–water partition coefficient (Wildman–Crippen LogP) is 1.28. The van der Waals surface area contributed by atoms with Crippen LogP contribution in [0.3, 0.4) is 0 Å². The van der Waals surface area contributed by atoms with Crippen LogP contribution in [0.25, 0.3) is 6.08 Å². The Hall–Kier alpha value is -2.30. The van der Waals surface area contributed by atoms with E-state index in [0.717, 1.165) is 12.1 Å². The lowest BCUT2D eigenvalue weighted by Crippen LogP contribution is -1.96. The van der Waals surface area contributed by atoms with Crippen molar-refractivity contribution in [1.82, 2.24) is 0 Å². The van der Waals surface area contributed by atoms with E-state index in [9.17, 15) is 14.7 Å². The van der Waals surface area contributed by atoms with Crippen LogP contribution in [0.2, 0.25) is 0 Å². The van der Waals surface area contributed by atoms with Crippen molar-refractivity contribution >= 4 is 18.0 Å². The first kappa shape index (κ1) is 11.8. The molecule has 0 atom stereocenters. The maximum absolute atomic E-state index is 10.8. The monoisotopic (exact) mass is 222 g/mol. The number of aromatic hydroxyl groups is 1. The van der Waals surface area contributed by atoms with Gasteiger partial charge in [0.25, 0.3) is 0 Å². The van der Waals surface area contributed by atoms with Gasteiger partial charge in [-0.2, -0.15) is 0 Å². The Morgan fingerprint density at radius 3 is 2.56 bits per heavy atom. The number of carboxylic acids is 1. The number of ether oxygens (including phenoxy) is 1. The first-order chi connectivity index (χ1) is 7.52. The Balaban J connectivity index is 3.01. The Labute approximate surface area is 91.6 Å². The van der Waals surface area contributed by atoms with E-state index in [-0.39, 0.29) is 11.3 Å². The maximum Gasteiger partial charge on any atom is 0.335 e. The first-order valence-electron chi connectivity index (χ1n) is 4.36. The molecule has 0 amide bonds. The van der Waals surface area contributed by atoms with Crippen LogP contribution in [0.4, 0.5) is 0 Å². The number of hydrogen-bond donors (Lipinski definition) is 2. The van der Waals surface area contributed by atoms with E-state index in [2.05, 4.69) is 4.74 Å². The molecule has 0 saturated heterocycles. The second-order valence-electron chi connectivity index (χ2n) is 2.97. The number of esters is 1. The van der Waals surface area contributed by atoms with Gasteiger partial charge in [0.2, 0.25) is 0 Å². The summed E-state index contributed by atoms with van der Waals surface area (Å²) in [6.07, 6.45) is 2.50. The third-order valence-corrected chi connectivity index (χ3v) is 1.80. The van der Waals surface area contributed by atoms with Crippen LogP contribution >= 0.6 is 0 Å². The van der Waals surface area contributed by atoms with Crippen molar-refractivity contribution in [3.63, 3.8) is 0 Å². The molecule has 1 aromatic rings. The summed E-state index contributed by atoms with van der Waals surface area (Å²) in [5.41, 5.74) is 0.354. The number of carbonyl (C=O) groups is 2. The minimum atomic E-state index is -1.15. The Bertz CT molecular complexity index is 448. The van der Waals surface area contributed by atoms with Crippen LogP contribution in [0, 0.1) is 0 Å². The first-order valence-corrected chi connectivity index (χ1v) is 4.36. The van der Waals surface area contributed by atoms with Gasteiger partial charge in [-0.25, -0.2) is 9.59 Å². The normalized spacial score (nSPS) is 10.3. The van der Waals surface area contributed by atoms with Gasteiger partial charge in [-0.1, -0.05) is 0 Å². The molecule has 0 aliphatic heterocycles. The van der Waals surface area contributed by atoms with Crippen molar-refractivity contribution < 1.29 is 24.5 Å². The zero-order valence-electron chi connectivity index (χ0n) is 8.51. The summed E-state index contributed by atoms with van der Waals surface area (Å²) >= 11 is 0. The van der Waals surface area contributed by atoms with Crippen molar-refractivity contribution in [3.8, 4) is 5.75 Å². The van der Waals surface area contributed by atoms with Crippen molar-refractivity contribution in [2.75, 3.05) is 7.11 Å². The topological polar surface area (TPSA) is 83.8 Å². The fraction of sp³-hybridized carbons (Fsp3) is 0.0909. The number of carbonyl (C=O) groups excluding carboxylic acids is 1. The lowest BCUT2D eigenvalue weighted by Gasteiger charge is -1.99. The summed E-state index contributed by atoms with van der Waals surface area (Å²) in [7, 11) is 1.23. The van der Waals surface area contributed by atoms with Gasteiger partial charge in [-0.3, -0.25) is 0 Å². The smallest absolute Gasteiger partial charge is 0.335 e. The SMILES string of the molecule is COC(=O)/C=C/c1cc(O)cc(C(=O)O)c1. The summed E-state index contributed by atoms with van der Waals surface area (Å²) in [6, 6.07) is 3.80. The summed E-state index contributed by atoms with van der Waals surface area (Å²) in [6.45, 7) is 0. The summed E-state index contributed by atoms with van der Waals surface area (Å²) in [5, 5.41) is 18.0. The highest BCUT2D eigenvalue weighted by atomic mass is 16.5. The molecule has 0 unspecified atom stereocenters. The summed E-state index contributed by atoms with van der Waals surface area (Å²) < 4.78 is 4.38. The second-order valence-corrected chi connectivity index (χ2v) is 2.97. The molecule has 1 rings (SSSR count). The highest BCUT2D eigenvalue weighted by Gasteiger charge is 2.05. The molecule has 0 aliphatic carbocycles. The third-order valence-electron chi connectivity index (χ3n) is 1.80. The molecular weight excluding hydrogens is 212 g/mol. The van der Waals surface area contributed by atoms with Crippen LogP contribution in [-0.2, 0) is 9.53 Å². The molecule has 0 aromatic heterocycles. The number of methoxy groups -OCH3 is 1. The van der Waals surface area contributed by atoms with E-state index in [1.807, 2.05) is 0 Å². The molecule has 0 spiro atoms. The standard InChI is InChI=1S/C11H10O5/c1-16-10(13)3-2-7-4-8(11(14)15)6-9(12)5-7/h2-6,12H,1H3,(H,14,15)/b3-2+. The quantitative estimate of drug-likeness (QED) is 0.594. The molecule has 5 heteroatoms. The summed E-state index contributed by atoms with van der Waals surface area (Å²) in [4.78, 5) is 21.5. The number of carboxylic acid groups (broad SMARTS) is 1. The van der Waals surface area contributed by atoms with Gasteiger partial charge in [0.05, 0.1) is 12.7 Å². The van der Waals surface area contributed by atoms with E-state index in [1.54, 1.807) is 0 Å². The van der Waals surface area contributed by atoms with E-state index in [0.29, 0.717) is 5.56 Å². The average molecular weight is 222 g/mol. The van der Waals surface area contributed by atoms with Crippen LogP contribution in [0.15, 0.2) is 24.3 Å². The van der Waals surface area contributed by atoms with E-state index < -0.39 is 11.9 Å². The van der Waals surface area contributed by atoms with Gasteiger partial charge >= 0.3 is 11.9 Å². The molecule has 0 fully saturated rings. The zero-order chi connectivity index (χ0) is 12.1. The molecule has 84 valence electrons. The number of rotatable bonds is 3. The highest BCUT2D eigenvalue weighted by molar-refractivity contribution is 5.90. The number of hydrogen-bond acceptors (Lipinski definition) is 4. The van der Waals surface area contributed by atoms with Gasteiger partial charge in [0.15, 0.2) is 0 Å². The van der Waals surface area contributed by atoms with Gasteiger partial charge < -0.3 is 14.9 Å². The van der Waals surface area contributed by atoms with E-state index in [4.69, 9.17) is 5.11 Å². The van der Waals surface area contributed by atoms with Crippen LogP contribution in [0.1, 0.15) is 15.9 Å². The predicted molar refractivity (Wildman–Crippen MR) is 56.1 cm³/mol. The molecule has 0 radical (unpaired) electrons. The number of aromatic carboxylic acids is 1. The molecule has 16 heavy (non-hydrogen) atoms. The summed E-state index contributed by atoms with van der Waals surface area (Å²) in [5.74, 6) is -1.88. The van der Waals surface area contributed by atoms with E-state index >= 15 is 0 Å². The van der Waals surface area contributed by atoms with Gasteiger partial charge in [-0.05, 0) is 29.8 Å². The number of phenols is 1. The van der Waals surface area contributed by atoms with Gasteiger partial charge in [0, 0.05) is 6.08 Å². The molecule has 0 bridgehead atoms. The zero-order valence-corrected chi connectivity index (χ0v) is 8.51. The molecule has 2 N–H and O–H groups in total. The minimum absolute atomic E-state index is 0.0514. The lowest BCUT2D eigenvalue weighted by molar-refractivity contribution is -0.134. The van der Waals surface area contributed by atoms with Crippen LogP contribution < -0.4 is 0 Å². The average Bonchev–Trinajstić information content (AvgIpc) is 2.25. The minimum Gasteiger partial charge on any atom is -0.508 e. The van der Waals surface area contributed by atoms with Crippen LogP contribution in [-0.4, -0.2) is 29.3 Å². The van der Waals surface area contributed by atoms with Crippen molar-refractivity contribution in [2.24, 2.45) is 0 Å². The molecule has 0 aliphatic rings. The molecule has 5 nitrogen and oxygen atoms in total. The largest absolute Gasteiger partial charge is 0.508 e. The highest BCUT2D eigenvalue weighted by Crippen LogP contribution is 2.16. The maximum atomic E-state index is 10.8. The Morgan fingerprint density at radius 2 is 2.00 bits per heavy atom. The van der Waals surface area contributed by atoms with Crippen LogP contribution in [0.5, 0.6) is 5.75 Å². The molecule has 1 aromatic carbocycles. The number of benzene rings is 1. The second kappa shape index (κ2) is 4.97. The molecular formula is C11H10O5. The van der Waals surface area contributed by atoms with E-state index in [1.165, 1.54) is 25.3 Å². The fourth-order valence-corrected chi connectivity index (χ4v) is 1.09. The van der Waals surface area contributed by atoms with Gasteiger partial charge in [-0.15, -0.1) is 0 Å². The molecule has 0 heterocycles. The van der Waals surface area contributed by atoms with Crippen molar-refractivity contribution in [2.45, 2.75) is 0 Å². The number of phenolic OH excluding ortho intramolecular Hbond substituents is 1. The molecule has 0 saturated carbocycles. The Kier molecular flexibility index (Phi) is 3.66. The van der Waals surface area contributed by atoms with Crippen molar-refractivity contribution in [3.05, 3.63) is 35.4 Å². The Morgan fingerprint density at radius 1 is 1.31 bits per heavy atom. The van der Waals surface area contributed by atoms with Crippen molar-refractivity contribution in [1.29, 1.82) is 0 Å².